The third kappa shape index (κ3) is 2.80. The van der Waals surface area contributed by atoms with Crippen molar-refractivity contribution in [2.45, 2.75) is 25.3 Å². The maximum absolute atomic E-state index is 11.9. The Morgan fingerprint density at radius 1 is 1.28 bits per heavy atom. The smallest absolute Gasteiger partial charge is 0.306 e. The number of carboxylic acid groups (broad SMARTS) is 1. The number of nitrogens with one attached hydrogen (secondary N) is 1. The Balaban J connectivity index is 1.95. The van der Waals surface area contributed by atoms with Crippen LogP contribution in [0, 0.1) is 5.92 Å². The first-order valence-corrected chi connectivity index (χ1v) is 5.89. The third-order valence-corrected chi connectivity index (χ3v) is 3.23. The number of hydrogen-bond donors (Lipinski definition) is 3. The number of rotatable bonds is 3. The summed E-state index contributed by atoms with van der Waals surface area (Å²) in [6, 6.07) is 5.99. The highest BCUT2D eigenvalue weighted by Gasteiger charge is 2.30. The zero-order valence-electron chi connectivity index (χ0n) is 9.80. The number of phenolic OH excluding ortho intramolecular Hbond substituents is 1. The van der Waals surface area contributed by atoms with E-state index in [1.807, 2.05) is 0 Å². The van der Waals surface area contributed by atoms with Gasteiger partial charge < -0.3 is 15.5 Å². The molecule has 1 amide bonds. The first-order valence-electron chi connectivity index (χ1n) is 5.89. The first-order chi connectivity index (χ1) is 8.56. The van der Waals surface area contributed by atoms with Crippen LogP contribution in [0.25, 0.3) is 0 Å². The molecule has 1 aromatic rings. The SMILES string of the molecule is O=C(NC1CCC(C(=O)O)C1)c1cccc(O)c1. The average molecular weight is 249 g/mol. The fourth-order valence-corrected chi connectivity index (χ4v) is 2.25. The minimum Gasteiger partial charge on any atom is -0.508 e. The Morgan fingerprint density at radius 3 is 2.67 bits per heavy atom. The van der Waals surface area contributed by atoms with Crippen molar-refractivity contribution in [3.63, 3.8) is 0 Å². The minimum atomic E-state index is -0.802. The van der Waals surface area contributed by atoms with E-state index < -0.39 is 5.97 Å². The zero-order valence-corrected chi connectivity index (χ0v) is 9.80. The molecule has 96 valence electrons. The molecule has 1 fully saturated rings. The van der Waals surface area contributed by atoms with Crippen LogP contribution < -0.4 is 5.32 Å². The molecule has 1 aliphatic carbocycles. The predicted molar refractivity (Wildman–Crippen MR) is 64.3 cm³/mol. The lowest BCUT2D eigenvalue weighted by molar-refractivity contribution is -0.141. The molecule has 0 spiro atoms. The van der Waals surface area contributed by atoms with Gasteiger partial charge in [-0.2, -0.15) is 0 Å². The molecule has 1 aliphatic rings. The number of hydrogen-bond acceptors (Lipinski definition) is 3. The van der Waals surface area contributed by atoms with Crippen LogP contribution in [0.15, 0.2) is 24.3 Å². The number of amides is 1. The summed E-state index contributed by atoms with van der Waals surface area (Å²) in [6.45, 7) is 0. The van der Waals surface area contributed by atoms with Gasteiger partial charge in [0.2, 0.25) is 0 Å². The summed E-state index contributed by atoms with van der Waals surface area (Å²) >= 11 is 0. The second-order valence-electron chi connectivity index (χ2n) is 4.57. The van der Waals surface area contributed by atoms with E-state index in [9.17, 15) is 14.7 Å². The maximum Gasteiger partial charge on any atom is 0.306 e. The lowest BCUT2D eigenvalue weighted by Gasteiger charge is -2.12. The highest BCUT2D eigenvalue weighted by molar-refractivity contribution is 5.94. The minimum absolute atomic E-state index is 0.0393. The van der Waals surface area contributed by atoms with Crippen LogP contribution >= 0.6 is 0 Å². The number of carbonyl (C=O) groups is 2. The summed E-state index contributed by atoms with van der Waals surface area (Å²) < 4.78 is 0. The van der Waals surface area contributed by atoms with Crippen LogP contribution in [0.5, 0.6) is 5.75 Å². The van der Waals surface area contributed by atoms with Crippen molar-refractivity contribution in [2.75, 3.05) is 0 Å². The van der Waals surface area contributed by atoms with Crippen LogP contribution in [0.2, 0.25) is 0 Å². The number of carbonyl (C=O) groups excluding carboxylic acids is 1. The van der Waals surface area contributed by atoms with Crippen molar-refractivity contribution < 1.29 is 19.8 Å². The van der Waals surface area contributed by atoms with E-state index in [4.69, 9.17) is 5.11 Å². The summed E-state index contributed by atoms with van der Waals surface area (Å²) in [5.41, 5.74) is 0.383. The highest BCUT2D eigenvalue weighted by Crippen LogP contribution is 2.26. The molecule has 5 nitrogen and oxygen atoms in total. The van der Waals surface area contributed by atoms with Crippen LogP contribution in [-0.4, -0.2) is 28.1 Å². The van der Waals surface area contributed by atoms with Gasteiger partial charge in [0, 0.05) is 11.6 Å². The van der Waals surface area contributed by atoms with Crippen molar-refractivity contribution in [1.82, 2.24) is 5.32 Å². The lowest BCUT2D eigenvalue weighted by Crippen LogP contribution is -2.33. The Morgan fingerprint density at radius 2 is 2.06 bits per heavy atom. The van der Waals surface area contributed by atoms with E-state index in [1.165, 1.54) is 12.1 Å². The van der Waals surface area contributed by atoms with E-state index in [-0.39, 0.29) is 23.6 Å². The standard InChI is InChI=1S/C13H15NO4/c15-11-3-1-2-8(7-11)12(16)14-10-5-4-9(6-10)13(17)18/h1-3,7,9-10,15H,4-6H2,(H,14,16)(H,17,18). The molecule has 18 heavy (non-hydrogen) atoms. The van der Waals surface area contributed by atoms with Crippen LogP contribution in [0.1, 0.15) is 29.6 Å². The van der Waals surface area contributed by atoms with Crippen molar-refractivity contribution in [3.05, 3.63) is 29.8 Å². The molecule has 1 aromatic carbocycles. The van der Waals surface area contributed by atoms with Crippen molar-refractivity contribution in [3.8, 4) is 5.75 Å². The largest absolute Gasteiger partial charge is 0.508 e. The molecule has 2 atom stereocenters. The van der Waals surface area contributed by atoms with E-state index in [2.05, 4.69) is 5.32 Å². The summed E-state index contributed by atoms with van der Waals surface area (Å²) in [7, 11) is 0. The molecular weight excluding hydrogens is 234 g/mol. The molecule has 0 radical (unpaired) electrons. The Kier molecular flexibility index (Phi) is 3.50. The normalized spacial score (nSPS) is 22.7. The van der Waals surface area contributed by atoms with Gasteiger partial charge in [0.25, 0.3) is 5.91 Å². The number of benzene rings is 1. The summed E-state index contributed by atoms with van der Waals surface area (Å²) in [4.78, 5) is 22.7. The Labute approximate surface area is 104 Å². The quantitative estimate of drug-likeness (QED) is 0.755. The average Bonchev–Trinajstić information content (AvgIpc) is 2.77. The third-order valence-electron chi connectivity index (χ3n) is 3.23. The molecule has 0 aromatic heterocycles. The maximum atomic E-state index is 11.9. The number of aliphatic carboxylic acids is 1. The van der Waals surface area contributed by atoms with Gasteiger partial charge in [0.15, 0.2) is 0 Å². The summed E-state index contributed by atoms with van der Waals surface area (Å²) in [5.74, 6) is -1.40. The second-order valence-corrected chi connectivity index (χ2v) is 4.57. The van der Waals surface area contributed by atoms with Crippen LogP contribution in [-0.2, 0) is 4.79 Å². The van der Waals surface area contributed by atoms with Gasteiger partial charge in [-0.3, -0.25) is 9.59 Å². The fraction of sp³-hybridized carbons (Fsp3) is 0.385. The van der Waals surface area contributed by atoms with Gasteiger partial charge in [-0.25, -0.2) is 0 Å². The molecule has 2 rings (SSSR count). The van der Waals surface area contributed by atoms with Gasteiger partial charge in [0.05, 0.1) is 5.92 Å². The Hall–Kier alpha value is -2.04. The van der Waals surface area contributed by atoms with Crippen molar-refractivity contribution >= 4 is 11.9 Å². The van der Waals surface area contributed by atoms with E-state index in [1.54, 1.807) is 12.1 Å². The second kappa shape index (κ2) is 5.08. The van der Waals surface area contributed by atoms with Gasteiger partial charge in [0.1, 0.15) is 5.75 Å². The van der Waals surface area contributed by atoms with E-state index >= 15 is 0 Å². The lowest BCUT2D eigenvalue weighted by atomic mass is 10.1. The molecule has 5 heteroatoms. The van der Waals surface area contributed by atoms with Gasteiger partial charge in [-0.15, -0.1) is 0 Å². The molecule has 2 unspecified atom stereocenters. The van der Waals surface area contributed by atoms with Crippen LogP contribution in [0.4, 0.5) is 0 Å². The first kappa shape index (κ1) is 12.4. The number of carboxylic acids is 1. The molecule has 0 heterocycles. The number of phenols is 1. The highest BCUT2D eigenvalue weighted by atomic mass is 16.4. The molecule has 0 bridgehead atoms. The molecule has 0 aliphatic heterocycles. The fourth-order valence-electron chi connectivity index (χ4n) is 2.25. The molecular formula is C13H15NO4. The topological polar surface area (TPSA) is 86.6 Å². The summed E-state index contributed by atoms with van der Waals surface area (Å²) in [6.07, 6.45) is 1.75. The van der Waals surface area contributed by atoms with Crippen LogP contribution in [0.3, 0.4) is 0 Å². The molecule has 1 saturated carbocycles. The zero-order chi connectivity index (χ0) is 13.1. The summed E-state index contributed by atoms with van der Waals surface area (Å²) in [5, 5.41) is 20.9. The molecule has 0 saturated heterocycles. The van der Waals surface area contributed by atoms with Gasteiger partial charge >= 0.3 is 5.97 Å². The van der Waals surface area contributed by atoms with E-state index in [0.29, 0.717) is 24.8 Å². The number of aromatic hydroxyl groups is 1. The Bertz CT molecular complexity index is 472. The monoisotopic (exact) mass is 249 g/mol. The van der Waals surface area contributed by atoms with Gasteiger partial charge in [-0.05, 0) is 37.5 Å². The molecule has 3 N–H and O–H groups in total. The predicted octanol–water partition coefficient (Wildman–Crippen LogP) is 1.38. The van der Waals surface area contributed by atoms with Crippen molar-refractivity contribution in [2.24, 2.45) is 5.92 Å². The van der Waals surface area contributed by atoms with Crippen molar-refractivity contribution in [1.29, 1.82) is 0 Å². The van der Waals surface area contributed by atoms with Gasteiger partial charge in [-0.1, -0.05) is 6.07 Å². The van der Waals surface area contributed by atoms with E-state index in [0.717, 1.165) is 0 Å².